The zero-order valence-corrected chi connectivity index (χ0v) is 8.55. The summed E-state index contributed by atoms with van der Waals surface area (Å²) in [5, 5.41) is 11.2. The molecule has 0 aromatic rings. The molecule has 0 spiro atoms. The van der Waals surface area contributed by atoms with E-state index in [-0.39, 0.29) is 11.8 Å². The molecule has 0 aliphatic heterocycles. The minimum Gasteiger partial charge on any atom is -0.480 e. The molecule has 0 heterocycles. The number of carbonyl (C=O) groups is 2. The third kappa shape index (κ3) is 4.50. The van der Waals surface area contributed by atoms with Crippen molar-refractivity contribution in [1.29, 1.82) is 0 Å². The summed E-state index contributed by atoms with van der Waals surface area (Å²) in [5.74, 6) is -1.00. The van der Waals surface area contributed by atoms with Gasteiger partial charge < -0.3 is 10.4 Å². The second-order valence-corrected chi connectivity index (χ2v) is 4.08. The molecule has 0 unspecified atom stereocenters. The van der Waals surface area contributed by atoms with E-state index in [9.17, 15) is 9.59 Å². The SMILES string of the molecule is CC(C)CC(=O)NC(C)(C)C(=O)O. The lowest BCUT2D eigenvalue weighted by Crippen LogP contribution is -2.49. The molecule has 2 N–H and O–H groups in total. The molecule has 0 aliphatic rings. The Morgan fingerprint density at radius 1 is 1.38 bits per heavy atom. The second kappa shape index (κ2) is 4.25. The number of hydrogen-bond donors (Lipinski definition) is 2. The quantitative estimate of drug-likeness (QED) is 0.690. The number of carboxylic acids is 1. The largest absolute Gasteiger partial charge is 0.480 e. The number of aliphatic carboxylic acids is 1. The second-order valence-electron chi connectivity index (χ2n) is 4.08. The first-order chi connectivity index (χ1) is 5.75. The number of amides is 1. The van der Waals surface area contributed by atoms with E-state index in [4.69, 9.17) is 5.11 Å². The van der Waals surface area contributed by atoms with Crippen LogP contribution in [0.4, 0.5) is 0 Å². The molecule has 1 amide bonds. The van der Waals surface area contributed by atoms with Gasteiger partial charge in [0, 0.05) is 6.42 Å². The summed E-state index contributed by atoms with van der Waals surface area (Å²) < 4.78 is 0. The predicted molar refractivity (Wildman–Crippen MR) is 49.3 cm³/mol. The van der Waals surface area contributed by atoms with Gasteiger partial charge in [0.15, 0.2) is 0 Å². The topological polar surface area (TPSA) is 66.4 Å². The fraction of sp³-hybridized carbons (Fsp3) is 0.778. The molecule has 0 aromatic carbocycles. The molecule has 0 aliphatic carbocycles. The van der Waals surface area contributed by atoms with Crippen molar-refractivity contribution in [3.63, 3.8) is 0 Å². The molecule has 0 aromatic heterocycles. The third-order valence-corrected chi connectivity index (χ3v) is 1.58. The van der Waals surface area contributed by atoms with E-state index in [2.05, 4.69) is 5.32 Å². The van der Waals surface area contributed by atoms with Crippen molar-refractivity contribution in [2.24, 2.45) is 5.92 Å². The molecule has 0 saturated carbocycles. The van der Waals surface area contributed by atoms with Crippen molar-refractivity contribution < 1.29 is 14.7 Å². The number of rotatable bonds is 4. The van der Waals surface area contributed by atoms with Gasteiger partial charge in [0.2, 0.25) is 5.91 Å². The van der Waals surface area contributed by atoms with Gasteiger partial charge in [-0.15, -0.1) is 0 Å². The Morgan fingerprint density at radius 3 is 2.15 bits per heavy atom. The molecular weight excluding hydrogens is 170 g/mol. The molecule has 76 valence electrons. The summed E-state index contributed by atoms with van der Waals surface area (Å²) in [6.45, 7) is 6.75. The van der Waals surface area contributed by atoms with Crippen LogP contribution in [0, 0.1) is 5.92 Å². The molecule has 0 atom stereocenters. The summed E-state index contributed by atoms with van der Waals surface area (Å²) in [6.07, 6.45) is 0.358. The average molecular weight is 187 g/mol. The van der Waals surface area contributed by atoms with Crippen LogP contribution in [0.5, 0.6) is 0 Å². The van der Waals surface area contributed by atoms with Crippen LogP contribution in [0.25, 0.3) is 0 Å². The highest BCUT2D eigenvalue weighted by Crippen LogP contribution is 2.05. The summed E-state index contributed by atoms with van der Waals surface area (Å²) in [7, 11) is 0. The van der Waals surface area contributed by atoms with Gasteiger partial charge in [0.05, 0.1) is 0 Å². The number of carbonyl (C=O) groups excluding carboxylic acids is 1. The Kier molecular flexibility index (Phi) is 3.91. The summed E-state index contributed by atoms with van der Waals surface area (Å²) in [6, 6.07) is 0. The van der Waals surface area contributed by atoms with Crippen LogP contribution in [0.3, 0.4) is 0 Å². The maximum atomic E-state index is 11.2. The van der Waals surface area contributed by atoms with Crippen molar-refractivity contribution >= 4 is 11.9 Å². The molecule has 4 heteroatoms. The monoisotopic (exact) mass is 187 g/mol. The van der Waals surface area contributed by atoms with E-state index in [1.54, 1.807) is 0 Å². The fourth-order valence-electron chi connectivity index (χ4n) is 0.824. The van der Waals surface area contributed by atoms with Gasteiger partial charge >= 0.3 is 5.97 Å². The van der Waals surface area contributed by atoms with Gasteiger partial charge in [0.25, 0.3) is 0 Å². The summed E-state index contributed by atoms with van der Waals surface area (Å²) in [5.41, 5.74) is -1.17. The van der Waals surface area contributed by atoms with E-state index >= 15 is 0 Å². The first kappa shape index (κ1) is 11.9. The molecule has 0 radical (unpaired) electrons. The number of carboxylic acid groups (broad SMARTS) is 1. The Balaban J connectivity index is 4.12. The van der Waals surface area contributed by atoms with Crippen LogP contribution in [-0.4, -0.2) is 22.5 Å². The Labute approximate surface area is 78.3 Å². The smallest absolute Gasteiger partial charge is 0.328 e. The van der Waals surface area contributed by atoms with E-state index in [1.807, 2.05) is 13.8 Å². The van der Waals surface area contributed by atoms with Gasteiger partial charge in [-0.3, -0.25) is 4.79 Å². The minimum atomic E-state index is -1.17. The normalized spacial score (nSPS) is 11.5. The lowest BCUT2D eigenvalue weighted by Gasteiger charge is -2.21. The highest BCUT2D eigenvalue weighted by molar-refractivity contribution is 5.86. The van der Waals surface area contributed by atoms with Crippen LogP contribution >= 0.6 is 0 Å². The lowest BCUT2D eigenvalue weighted by molar-refractivity contribution is -0.146. The molecular formula is C9H17NO3. The maximum absolute atomic E-state index is 11.2. The van der Waals surface area contributed by atoms with Crippen LogP contribution in [0.1, 0.15) is 34.1 Å². The first-order valence-electron chi connectivity index (χ1n) is 4.30. The first-order valence-corrected chi connectivity index (χ1v) is 4.30. The number of hydrogen-bond acceptors (Lipinski definition) is 2. The molecule has 0 fully saturated rings. The lowest BCUT2D eigenvalue weighted by atomic mass is 10.0. The molecule has 0 saturated heterocycles. The molecule has 13 heavy (non-hydrogen) atoms. The third-order valence-electron chi connectivity index (χ3n) is 1.58. The summed E-state index contributed by atoms with van der Waals surface area (Å²) >= 11 is 0. The minimum absolute atomic E-state index is 0.220. The van der Waals surface area contributed by atoms with Gasteiger partial charge in [-0.25, -0.2) is 4.79 Å². The number of nitrogens with one attached hydrogen (secondary N) is 1. The zero-order chi connectivity index (χ0) is 10.6. The van der Waals surface area contributed by atoms with Crippen molar-refractivity contribution in [2.75, 3.05) is 0 Å². The Bertz CT molecular complexity index is 209. The van der Waals surface area contributed by atoms with Gasteiger partial charge in [0.1, 0.15) is 5.54 Å². The van der Waals surface area contributed by atoms with Crippen LogP contribution in [0.2, 0.25) is 0 Å². The summed E-state index contributed by atoms with van der Waals surface area (Å²) in [4.78, 5) is 21.8. The highest BCUT2D eigenvalue weighted by Gasteiger charge is 2.28. The van der Waals surface area contributed by atoms with Crippen molar-refractivity contribution in [3.05, 3.63) is 0 Å². The van der Waals surface area contributed by atoms with E-state index in [0.29, 0.717) is 6.42 Å². The average Bonchev–Trinajstić information content (AvgIpc) is 1.82. The van der Waals surface area contributed by atoms with E-state index < -0.39 is 11.5 Å². The zero-order valence-electron chi connectivity index (χ0n) is 8.55. The van der Waals surface area contributed by atoms with Gasteiger partial charge in [-0.05, 0) is 19.8 Å². The highest BCUT2D eigenvalue weighted by atomic mass is 16.4. The molecule has 0 bridgehead atoms. The van der Waals surface area contributed by atoms with Gasteiger partial charge in [-0.1, -0.05) is 13.8 Å². The van der Waals surface area contributed by atoms with Crippen LogP contribution in [-0.2, 0) is 9.59 Å². The fourth-order valence-corrected chi connectivity index (χ4v) is 0.824. The Morgan fingerprint density at radius 2 is 1.85 bits per heavy atom. The van der Waals surface area contributed by atoms with E-state index in [0.717, 1.165) is 0 Å². The van der Waals surface area contributed by atoms with Crippen LogP contribution in [0.15, 0.2) is 0 Å². The van der Waals surface area contributed by atoms with Crippen molar-refractivity contribution in [1.82, 2.24) is 5.32 Å². The predicted octanol–water partition coefficient (Wildman–Crippen LogP) is 1.01. The van der Waals surface area contributed by atoms with Crippen molar-refractivity contribution in [2.45, 2.75) is 39.7 Å². The standard InChI is InChI=1S/C9H17NO3/c1-6(2)5-7(11)10-9(3,4)8(12)13/h6H,5H2,1-4H3,(H,10,11)(H,12,13). The maximum Gasteiger partial charge on any atom is 0.328 e. The van der Waals surface area contributed by atoms with Crippen LogP contribution < -0.4 is 5.32 Å². The Hall–Kier alpha value is -1.06. The van der Waals surface area contributed by atoms with Crippen molar-refractivity contribution in [3.8, 4) is 0 Å². The van der Waals surface area contributed by atoms with E-state index in [1.165, 1.54) is 13.8 Å². The molecule has 4 nitrogen and oxygen atoms in total. The van der Waals surface area contributed by atoms with Gasteiger partial charge in [-0.2, -0.15) is 0 Å². The molecule has 0 rings (SSSR count).